The van der Waals surface area contributed by atoms with Crippen molar-refractivity contribution >= 4 is 5.78 Å². The van der Waals surface area contributed by atoms with Crippen molar-refractivity contribution in [2.45, 2.75) is 33.8 Å². The molecule has 0 bridgehead atoms. The van der Waals surface area contributed by atoms with Gasteiger partial charge in [0.1, 0.15) is 6.61 Å². The standard InChI is InChI=1S/C5H12O2.C4H8O2.CH4/c1-3-5(6)4-7-2;1-4(5)3-6-2;/h5-6H,3-4H2,1-2H3;3H2,1-2H3;1H4. The van der Waals surface area contributed by atoms with Gasteiger partial charge in [0, 0.05) is 14.2 Å². The first-order valence-electron chi connectivity index (χ1n) is 4.23. The first kappa shape index (κ1) is 19.2. The average molecular weight is 208 g/mol. The molecule has 1 N–H and O–H groups in total. The van der Waals surface area contributed by atoms with Crippen LogP contribution in [0.15, 0.2) is 0 Å². The summed E-state index contributed by atoms with van der Waals surface area (Å²) in [5.74, 6) is 0.0671. The number of carbonyl (C=O) groups excluding carboxylic acids is 1. The molecule has 0 aromatic carbocycles. The highest BCUT2D eigenvalue weighted by atomic mass is 16.5. The van der Waals surface area contributed by atoms with Crippen LogP contribution in [-0.2, 0) is 14.3 Å². The topological polar surface area (TPSA) is 55.8 Å². The Hall–Kier alpha value is -0.450. The summed E-state index contributed by atoms with van der Waals surface area (Å²) in [5.41, 5.74) is 0. The molecule has 0 aromatic heterocycles. The third kappa shape index (κ3) is 22.6. The molecule has 0 radical (unpaired) electrons. The molecule has 0 aliphatic rings. The van der Waals surface area contributed by atoms with Gasteiger partial charge in [0.05, 0.1) is 12.7 Å². The molecule has 0 saturated carbocycles. The highest BCUT2D eigenvalue weighted by molar-refractivity contribution is 5.76. The van der Waals surface area contributed by atoms with Gasteiger partial charge in [-0.2, -0.15) is 0 Å². The minimum Gasteiger partial charge on any atom is -0.391 e. The minimum absolute atomic E-state index is 0. The third-order valence-electron chi connectivity index (χ3n) is 1.18. The molecule has 0 aliphatic carbocycles. The van der Waals surface area contributed by atoms with E-state index in [9.17, 15) is 4.79 Å². The van der Waals surface area contributed by atoms with Gasteiger partial charge in [-0.3, -0.25) is 4.79 Å². The number of aliphatic hydroxyl groups is 1. The minimum atomic E-state index is -0.273. The predicted molar refractivity (Wildman–Crippen MR) is 57.5 cm³/mol. The molecule has 4 nitrogen and oxygen atoms in total. The number of aliphatic hydroxyl groups excluding tert-OH is 1. The Morgan fingerprint density at radius 3 is 1.93 bits per heavy atom. The summed E-state index contributed by atoms with van der Waals surface area (Å²) in [5, 5.41) is 8.73. The Bertz CT molecular complexity index is 115. The third-order valence-corrected chi connectivity index (χ3v) is 1.18. The number of ether oxygens (including phenoxy) is 2. The van der Waals surface area contributed by atoms with Gasteiger partial charge >= 0.3 is 0 Å². The molecular weight excluding hydrogens is 184 g/mol. The molecule has 0 saturated heterocycles. The lowest BCUT2D eigenvalue weighted by molar-refractivity contribution is -0.120. The molecule has 0 aromatic rings. The summed E-state index contributed by atoms with van der Waals surface area (Å²) >= 11 is 0. The van der Waals surface area contributed by atoms with Gasteiger partial charge in [-0.1, -0.05) is 14.4 Å². The highest BCUT2D eigenvalue weighted by Crippen LogP contribution is 1.87. The van der Waals surface area contributed by atoms with Gasteiger partial charge in [-0.15, -0.1) is 0 Å². The van der Waals surface area contributed by atoms with Gasteiger partial charge in [0.25, 0.3) is 0 Å². The highest BCUT2D eigenvalue weighted by Gasteiger charge is 1.95. The maximum atomic E-state index is 9.92. The van der Waals surface area contributed by atoms with E-state index >= 15 is 0 Å². The SMILES string of the molecule is C.CCC(O)COC.COCC(C)=O. The van der Waals surface area contributed by atoms with E-state index < -0.39 is 0 Å². The predicted octanol–water partition coefficient (Wildman–Crippen LogP) is 1.26. The average Bonchev–Trinajstić information content (AvgIpc) is 2.05. The molecule has 1 unspecified atom stereocenters. The Morgan fingerprint density at radius 1 is 1.36 bits per heavy atom. The van der Waals surface area contributed by atoms with E-state index in [0.29, 0.717) is 6.61 Å². The largest absolute Gasteiger partial charge is 0.391 e. The number of carbonyl (C=O) groups is 1. The smallest absolute Gasteiger partial charge is 0.155 e. The van der Waals surface area contributed by atoms with E-state index in [4.69, 9.17) is 5.11 Å². The Labute approximate surface area is 87.2 Å². The van der Waals surface area contributed by atoms with Crippen molar-refractivity contribution < 1.29 is 19.4 Å². The van der Waals surface area contributed by atoms with Crippen molar-refractivity contribution in [3.63, 3.8) is 0 Å². The van der Waals surface area contributed by atoms with E-state index in [1.807, 2.05) is 6.92 Å². The van der Waals surface area contributed by atoms with Crippen LogP contribution < -0.4 is 0 Å². The zero-order valence-electron chi connectivity index (χ0n) is 8.87. The van der Waals surface area contributed by atoms with Crippen LogP contribution in [0.1, 0.15) is 27.7 Å². The van der Waals surface area contributed by atoms with Crippen molar-refractivity contribution in [1.82, 2.24) is 0 Å². The molecule has 0 rings (SSSR count). The number of hydrogen-bond acceptors (Lipinski definition) is 4. The summed E-state index contributed by atoms with van der Waals surface area (Å²) in [6, 6.07) is 0. The second-order valence-electron chi connectivity index (χ2n) is 2.65. The normalized spacial score (nSPS) is 10.6. The van der Waals surface area contributed by atoms with Crippen molar-refractivity contribution in [3.05, 3.63) is 0 Å². The first-order chi connectivity index (χ1) is 6.08. The molecule has 0 amide bonds. The van der Waals surface area contributed by atoms with Crippen LogP contribution in [0.3, 0.4) is 0 Å². The Morgan fingerprint density at radius 2 is 1.86 bits per heavy atom. The quantitative estimate of drug-likeness (QED) is 0.739. The van der Waals surface area contributed by atoms with E-state index in [2.05, 4.69) is 9.47 Å². The molecule has 0 heterocycles. The van der Waals surface area contributed by atoms with Crippen molar-refractivity contribution in [1.29, 1.82) is 0 Å². The van der Waals surface area contributed by atoms with Crippen LogP contribution in [0.2, 0.25) is 0 Å². The van der Waals surface area contributed by atoms with Crippen LogP contribution in [0.25, 0.3) is 0 Å². The summed E-state index contributed by atoms with van der Waals surface area (Å²) in [6.45, 7) is 4.10. The first-order valence-corrected chi connectivity index (χ1v) is 4.23. The fourth-order valence-corrected chi connectivity index (χ4v) is 0.514. The van der Waals surface area contributed by atoms with Crippen LogP contribution in [0.5, 0.6) is 0 Å². The second-order valence-corrected chi connectivity index (χ2v) is 2.65. The molecule has 4 heteroatoms. The number of Topliss-reactive ketones (excluding diaryl/α,β-unsaturated/α-hetero) is 1. The molecule has 14 heavy (non-hydrogen) atoms. The van der Waals surface area contributed by atoms with E-state index in [0.717, 1.165) is 6.42 Å². The number of rotatable bonds is 5. The summed E-state index contributed by atoms with van der Waals surface area (Å²) in [6.07, 6.45) is 0.499. The molecule has 0 spiro atoms. The van der Waals surface area contributed by atoms with Crippen LogP contribution in [0, 0.1) is 0 Å². The molecular formula is C10H24O4. The van der Waals surface area contributed by atoms with Gasteiger partial charge < -0.3 is 14.6 Å². The summed E-state index contributed by atoms with van der Waals surface area (Å²) < 4.78 is 9.10. The zero-order chi connectivity index (χ0) is 10.7. The number of ketones is 1. The summed E-state index contributed by atoms with van der Waals surface area (Å²) in [4.78, 5) is 9.92. The van der Waals surface area contributed by atoms with Crippen molar-refractivity contribution in [2.75, 3.05) is 27.4 Å². The lowest BCUT2D eigenvalue weighted by atomic mass is 10.3. The molecule has 0 aliphatic heterocycles. The van der Waals surface area contributed by atoms with Crippen molar-refractivity contribution in [3.8, 4) is 0 Å². The van der Waals surface area contributed by atoms with Crippen LogP contribution in [-0.4, -0.2) is 44.4 Å². The molecule has 88 valence electrons. The summed E-state index contributed by atoms with van der Waals surface area (Å²) in [7, 11) is 3.08. The Kier molecular flexibility index (Phi) is 20.6. The van der Waals surface area contributed by atoms with Gasteiger partial charge in [-0.05, 0) is 13.3 Å². The fourth-order valence-electron chi connectivity index (χ4n) is 0.514. The maximum absolute atomic E-state index is 9.92. The van der Waals surface area contributed by atoms with Crippen LogP contribution >= 0.6 is 0 Å². The Balaban J connectivity index is -0.000000163. The van der Waals surface area contributed by atoms with Crippen molar-refractivity contribution in [2.24, 2.45) is 0 Å². The lowest BCUT2D eigenvalue weighted by Gasteiger charge is -2.02. The van der Waals surface area contributed by atoms with E-state index in [-0.39, 0.29) is 25.9 Å². The lowest BCUT2D eigenvalue weighted by Crippen LogP contribution is -2.11. The zero-order valence-corrected chi connectivity index (χ0v) is 8.87. The molecule has 0 fully saturated rings. The van der Waals surface area contributed by atoms with E-state index in [1.54, 1.807) is 7.11 Å². The number of hydrogen-bond donors (Lipinski definition) is 1. The van der Waals surface area contributed by atoms with Crippen LogP contribution in [0.4, 0.5) is 0 Å². The second kappa shape index (κ2) is 15.0. The maximum Gasteiger partial charge on any atom is 0.155 e. The van der Waals surface area contributed by atoms with Gasteiger partial charge in [0.15, 0.2) is 5.78 Å². The molecule has 1 atom stereocenters. The van der Waals surface area contributed by atoms with E-state index in [1.165, 1.54) is 14.0 Å². The number of methoxy groups -OCH3 is 2. The monoisotopic (exact) mass is 208 g/mol. The fraction of sp³-hybridized carbons (Fsp3) is 0.900. The van der Waals surface area contributed by atoms with Gasteiger partial charge in [-0.25, -0.2) is 0 Å². The van der Waals surface area contributed by atoms with Gasteiger partial charge in [0.2, 0.25) is 0 Å².